The van der Waals surface area contributed by atoms with Gasteiger partial charge in [-0.25, -0.2) is 0 Å². The minimum atomic E-state index is 0.494. The van der Waals surface area contributed by atoms with Crippen molar-refractivity contribution in [2.24, 2.45) is 7.05 Å². The molecule has 1 aromatic rings. The van der Waals surface area contributed by atoms with Crippen LogP contribution >= 0.6 is 11.8 Å². The summed E-state index contributed by atoms with van der Waals surface area (Å²) in [6, 6.07) is 1.28. The van der Waals surface area contributed by atoms with E-state index in [2.05, 4.69) is 31.6 Å². The first-order chi connectivity index (χ1) is 12.3. The molecule has 3 heterocycles. The summed E-state index contributed by atoms with van der Waals surface area (Å²) in [5, 5.41) is 10.3. The molecular formula is C19H33N5S. The number of hydrogen-bond acceptors (Lipinski definition) is 5. The highest BCUT2D eigenvalue weighted by atomic mass is 32.2. The maximum absolute atomic E-state index is 4.63. The Bertz CT molecular complexity index is 548. The topological polar surface area (TPSA) is 37.2 Å². The van der Waals surface area contributed by atoms with E-state index in [1.54, 1.807) is 0 Å². The van der Waals surface area contributed by atoms with Crippen molar-refractivity contribution < 1.29 is 0 Å². The molecule has 0 aromatic carbocycles. The summed E-state index contributed by atoms with van der Waals surface area (Å²) in [6.45, 7) is 5.00. The molecule has 0 N–H and O–H groups in total. The fourth-order valence-electron chi connectivity index (χ4n) is 4.93. The van der Waals surface area contributed by atoms with Crippen molar-refractivity contribution in [3.63, 3.8) is 0 Å². The zero-order chi connectivity index (χ0) is 17.1. The van der Waals surface area contributed by atoms with Crippen molar-refractivity contribution in [2.75, 3.05) is 31.9 Å². The van der Waals surface area contributed by atoms with Crippen LogP contribution in [0.4, 0.5) is 0 Å². The number of hydrogen-bond donors (Lipinski definition) is 0. The summed E-state index contributed by atoms with van der Waals surface area (Å²) in [4.78, 5) is 5.33. The van der Waals surface area contributed by atoms with Gasteiger partial charge in [0.2, 0.25) is 0 Å². The van der Waals surface area contributed by atoms with Gasteiger partial charge in [0, 0.05) is 25.4 Å². The summed E-state index contributed by atoms with van der Waals surface area (Å²) >= 11 is 1.88. The molecule has 0 bridgehead atoms. The van der Waals surface area contributed by atoms with Gasteiger partial charge in [-0.05, 0) is 58.2 Å². The molecule has 3 fully saturated rings. The third kappa shape index (κ3) is 4.06. The molecule has 0 amide bonds. The molecule has 1 aromatic heterocycles. The lowest BCUT2D eigenvalue weighted by Gasteiger charge is -2.35. The van der Waals surface area contributed by atoms with Crippen molar-refractivity contribution in [1.82, 2.24) is 24.6 Å². The number of aromatic nitrogens is 3. The monoisotopic (exact) mass is 363 g/mol. The molecule has 4 rings (SSSR count). The highest BCUT2D eigenvalue weighted by molar-refractivity contribution is 7.99. The van der Waals surface area contributed by atoms with Gasteiger partial charge in [-0.2, -0.15) is 0 Å². The SMILES string of the molecule is Cn1c(SCCN2CCCC2)nnc1[C@H]1CCCN1C1CCCCC1. The van der Waals surface area contributed by atoms with E-state index in [9.17, 15) is 0 Å². The summed E-state index contributed by atoms with van der Waals surface area (Å²) in [5.41, 5.74) is 0. The average Bonchev–Trinajstić information content (AvgIpc) is 3.38. The molecule has 0 spiro atoms. The fourth-order valence-corrected chi connectivity index (χ4v) is 5.85. The van der Waals surface area contributed by atoms with Crippen LogP contribution in [0.1, 0.15) is 69.7 Å². The minimum Gasteiger partial charge on any atom is -0.308 e. The summed E-state index contributed by atoms with van der Waals surface area (Å²) in [7, 11) is 2.17. The van der Waals surface area contributed by atoms with Gasteiger partial charge in [0.05, 0.1) is 6.04 Å². The molecule has 0 unspecified atom stereocenters. The predicted octanol–water partition coefficient (Wildman–Crippen LogP) is 3.47. The van der Waals surface area contributed by atoms with Gasteiger partial charge in [-0.3, -0.25) is 4.90 Å². The molecule has 1 aliphatic carbocycles. The molecule has 25 heavy (non-hydrogen) atoms. The Hall–Kier alpha value is -0.590. The fraction of sp³-hybridized carbons (Fsp3) is 0.895. The van der Waals surface area contributed by atoms with Crippen LogP contribution in [0, 0.1) is 0 Å². The minimum absolute atomic E-state index is 0.494. The van der Waals surface area contributed by atoms with E-state index in [1.165, 1.54) is 89.8 Å². The highest BCUT2D eigenvalue weighted by Crippen LogP contribution is 2.37. The average molecular weight is 364 g/mol. The molecule has 1 atom stereocenters. The number of nitrogens with zero attached hydrogens (tertiary/aromatic N) is 5. The Morgan fingerprint density at radius 3 is 2.52 bits per heavy atom. The van der Waals surface area contributed by atoms with Crippen LogP contribution in [0.25, 0.3) is 0 Å². The third-order valence-electron chi connectivity index (χ3n) is 6.34. The smallest absolute Gasteiger partial charge is 0.191 e. The van der Waals surface area contributed by atoms with Crippen LogP contribution in [-0.4, -0.2) is 62.5 Å². The number of thioether (sulfide) groups is 1. The Labute approximate surface area is 156 Å². The summed E-state index contributed by atoms with van der Waals surface area (Å²) in [6.07, 6.45) is 12.3. The Kier molecular flexibility index (Phi) is 5.98. The maximum Gasteiger partial charge on any atom is 0.191 e. The van der Waals surface area contributed by atoms with Gasteiger partial charge in [-0.1, -0.05) is 31.0 Å². The van der Waals surface area contributed by atoms with E-state index in [-0.39, 0.29) is 0 Å². The second kappa shape index (κ2) is 8.40. The van der Waals surface area contributed by atoms with E-state index in [4.69, 9.17) is 0 Å². The molecule has 5 nitrogen and oxygen atoms in total. The Balaban J connectivity index is 1.37. The Morgan fingerprint density at radius 2 is 1.72 bits per heavy atom. The van der Waals surface area contributed by atoms with Crippen molar-refractivity contribution >= 4 is 11.8 Å². The molecule has 2 aliphatic heterocycles. The van der Waals surface area contributed by atoms with Crippen LogP contribution in [0.5, 0.6) is 0 Å². The van der Waals surface area contributed by atoms with E-state index in [0.29, 0.717) is 6.04 Å². The first kappa shape index (κ1) is 17.8. The first-order valence-corrected chi connectivity index (χ1v) is 11.3. The van der Waals surface area contributed by atoms with Gasteiger partial charge in [0.25, 0.3) is 0 Å². The van der Waals surface area contributed by atoms with E-state index < -0.39 is 0 Å². The lowest BCUT2D eigenvalue weighted by Crippen LogP contribution is -2.37. The van der Waals surface area contributed by atoms with Gasteiger partial charge in [-0.15, -0.1) is 10.2 Å². The van der Waals surface area contributed by atoms with Crippen LogP contribution in [0.15, 0.2) is 5.16 Å². The standard InChI is InChI=1S/C19H33N5S/c1-22-18(17-10-7-13-24(17)16-8-3-2-4-9-16)20-21-19(22)25-15-14-23-11-5-6-12-23/h16-17H,2-15H2,1H3/t17-/m1/s1. The molecular weight excluding hydrogens is 330 g/mol. The molecule has 2 saturated heterocycles. The second-order valence-electron chi connectivity index (χ2n) is 7.98. The third-order valence-corrected chi connectivity index (χ3v) is 7.34. The lowest BCUT2D eigenvalue weighted by molar-refractivity contribution is 0.135. The Morgan fingerprint density at radius 1 is 0.920 bits per heavy atom. The zero-order valence-electron chi connectivity index (χ0n) is 15.7. The van der Waals surface area contributed by atoms with Crippen molar-refractivity contribution in [3.8, 4) is 0 Å². The largest absolute Gasteiger partial charge is 0.308 e. The van der Waals surface area contributed by atoms with E-state index >= 15 is 0 Å². The van der Waals surface area contributed by atoms with Crippen LogP contribution in [-0.2, 0) is 7.05 Å². The van der Waals surface area contributed by atoms with Crippen molar-refractivity contribution in [2.45, 2.75) is 75.0 Å². The van der Waals surface area contributed by atoms with Crippen molar-refractivity contribution in [3.05, 3.63) is 5.82 Å². The second-order valence-corrected chi connectivity index (χ2v) is 9.05. The van der Waals surface area contributed by atoms with Gasteiger partial charge in [0.1, 0.15) is 0 Å². The number of rotatable bonds is 6. The molecule has 6 heteroatoms. The first-order valence-electron chi connectivity index (χ1n) is 10.3. The quantitative estimate of drug-likeness (QED) is 0.724. The van der Waals surface area contributed by atoms with Crippen LogP contribution < -0.4 is 0 Å². The lowest BCUT2D eigenvalue weighted by atomic mass is 9.93. The number of likely N-dealkylation sites (tertiary alicyclic amines) is 2. The summed E-state index contributed by atoms with van der Waals surface area (Å²) in [5.74, 6) is 2.33. The van der Waals surface area contributed by atoms with E-state index in [0.717, 1.165) is 17.0 Å². The highest BCUT2D eigenvalue weighted by Gasteiger charge is 2.35. The predicted molar refractivity (Wildman–Crippen MR) is 103 cm³/mol. The maximum atomic E-state index is 4.63. The molecule has 3 aliphatic rings. The van der Waals surface area contributed by atoms with Gasteiger partial charge >= 0.3 is 0 Å². The van der Waals surface area contributed by atoms with Gasteiger partial charge < -0.3 is 9.47 Å². The normalized spacial score (nSPS) is 26.7. The molecule has 1 saturated carbocycles. The van der Waals surface area contributed by atoms with E-state index in [1.807, 2.05) is 11.8 Å². The summed E-state index contributed by atoms with van der Waals surface area (Å²) < 4.78 is 2.28. The molecule has 0 radical (unpaired) electrons. The van der Waals surface area contributed by atoms with Crippen LogP contribution in [0.2, 0.25) is 0 Å². The molecule has 140 valence electrons. The van der Waals surface area contributed by atoms with Crippen molar-refractivity contribution in [1.29, 1.82) is 0 Å². The van der Waals surface area contributed by atoms with Gasteiger partial charge in [0.15, 0.2) is 11.0 Å². The van der Waals surface area contributed by atoms with Crippen LogP contribution in [0.3, 0.4) is 0 Å². The zero-order valence-corrected chi connectivity index (χ0v) is 16.5.